The Balaban J connectivity index is 1.23. The van der Waals surface area contributed by atoms with Crippen LogP contribution in [0.25, 0.3) is 79.0 Å². The molecule has 0 N–H and O–H groups in total. The largest absolute Gasteiger partial charge is 0.376 e. The van der Waals surface area contributed by atoms with Crippen LogP contribution < -0.4 is 15.7 Å². The maximum atomic E-state index is 2.70. The molecular formula is C54H47BN2S2. The summed E-state index contributed by atoms with van der Waals surface area (Å²) < 4.78 is 8.02. The third-order valence-corrected chi connectivity index (χ3v) is 15.7. The molecule has 10 aromatic rings. The minimum atomic E-state index is -0.0166. The van der Waals surface area contributed by atoms with Crippen LogP contribution in [0.15, 0.2) is 121 Å². The number of fused-ring (bicyclic) bond motifs is 14. The van der Waals surface area contributed by atoms with Crippen molar-refractivity contribution in [3.63, 3.8) is 0 Å². The number of benzene rings is 7. The van der Waals surface area contributed by atoms with E-state index in [9.17, 15) is 0 Å². The van der Waals surface area contributed by atoms with Crippen molar-refractivity contribution in [2.75, 3.05) is 4.81 Å². The molecule has 2 aliphatic rings. The lowest BCUT2D eigenvalue weighted by atomic mass is 9.43. The molecule has 5 heteroatoms. The van der Waals surface area contributed by atoms with Gasteiger partial charge in [0.1, 0.15) is 0 Å². The number of aromatic nitrogens is 1. The Hall–Kier alpha value is -5.36. The lowest BCUT2D eigenvalue weighted by Gasteiger charge is -2.42. The topological polar surface area (TPSA) is 8.17 Å². The lowest BCUT2D eigenvalue weighted by molar-refractivity contribution is 0.590. The Bertz CT molecular complexity index is 3450. The van der Waals surface area contributed by atoms with Crippen LogP contribution in [-0.2, 0) is 16.2 Å². The fourth-order valence-corrected chi connectivity index (χ4v) is 12.5. The van der Waals surface area contributed by atoms with Gasteiger partial charge in [0.2, 0.25) is 0 Å². The Morgan fingerprint density at radius 2 is 1.05 bits per heavy atom. The molecule has 3 aromatic heterocycles. The van der Waals surface area contributed by atoms with Crippen molar-refractivity contribution in [1.29, 1.82) is 0 Å². The molecule has 2 aliphatic heterocycles. The second-order valence-electron chi connectivity index (χ2n) is 20.2. The average Bonchev–Trinajstić information content (AvgIpc) is 3.86. The van der Waals surface area contributed by atoms with E-state index in [0.717, 1.165) is 0 Å². The first-order chi connectivity index (χ1) is 28.1. The summed E-state index contributed by atoms with van der Waals surface area (Å²) in [7, 11) is 0. The highest BCUT2D eigenvalue weighted by Gasteiger charge is 2.44. The molecule has 0 saturated heterocycles. The first-order valence-electron chi connectivity index (χ1n) is 21.1. The van der Waals surface area contributed by atoms with Gasteiger partial charge < -0.3 is 9.38 Å². The molecule has 0 spiro atoms. The molecule has 0 bridgehead atoms. The zero-order valence-corrected chi connectivity index (χ0v) is 37.0. The van der Waals surface area contributed by atoms with E-state index in [0.29, 0.717) is 0 Å². The molecule has 0 atom stereocenters. The van der Waals surface area contributed by atoms with Crippen LogP contribution in [-0.4, -0.2) is 11.4 Å². The van der Waals surface area contributed by atoms with Crippen molar-refractivity contribution in [2.24, 2.45) is 0 Å². The third-order valence-electron chi connectivity index (χ3n) is 13.4. The van der Waals surface area contributed by atoms with Crippen LogP contribution in [0.3, 0.4) is 0 Å². The van der Waals surface area contributed by atoms with Crippen LogP contribution in [0, 0.1) is 0 Å². The molecule has 0 radical (unpaired) electrons. The van der Waals surface area contributed by atoms with Gasteiger partial charge in [-0.25, -0.2) is 0 Å². The molecule has 288 valence electrons. The first-order valence-corrected chi connectivity index (χ1v) is 22.7. The van der Waals surface area contributed by atoms with Crippen LogP contribution in [0.4, 0.5) is 11.4 Å². The van der Waals surface area contributed by atoms with Crippen LogP contribution >= 0.6 is 22.7 Å². The molecule has 0 fully saturated rings. The van der Waals surface area contributed by atoms with Gasteiger partial charge in [0.25, 0.3) is 0 Å². The zero-order chi connectivity index (χ0) is 40.5. The van der Waals surface area contributed by atoms with Crippen molar-refractivity contribution in [3.05, 3.63) is 138 Å². The van der Waals surface area contributed by atoms with Gasteiger partial charge in [-0.05, 0) is 104 Å². The summed E-state index contributed by atoms with van der Waals surface area (Å²) >= 11 is 3.85. The van der Waals surface area contributed by atoms with Crippen molar-refractivity contribution < 1.29 is 0 Å². The summed E-state index contributed by atoms with van der Waals surface area (Å²) in [6, 6.07) is 47.8. The van der Waals surface area contributed by atoms with Gasteiger partial charge in [-0.3, -0.25) is 0 Å². The quantitative estimate of drug-likeness (QED) is 0.150. The maximum Gasteiger partial charge on any atom is 0.333 e. The van der Waals surface area contributed by atoms with Gasteiger partial charge in [-0.15, -0.1) is 22.7 Å². The van der Waals surface area contributed by atoms with Crippen molar-refractivity contribution in [3.8, 4) is 16.8 Å². The minimum Gasteiger partial charge on any atom is -0.376 e. The van der Waals surface area contributed by atoms with E-state index in [-0.39, 0.29) is 23.1 Å². The fraction of sp³-hybridized carbons (Fsp3) is 0.222. The summed E-state index contributed by atoms with van der Waals surface area (Å²) in [5, 5.41) is 8.04. The predicted octanol–water partition coefficient (Wildman–Crippen LogP) is 14.6. The lowest BCUT2D eigenvalue weighted by Crippen LogP contribution is -2.60. The summed E-state index contributed by atoms with van der Waals surface area (Å²) in [6.07, 6.45) is 0. The number of rotatable bonds is 1. The highest BCUT2D eigenvalue weighted by atomic mass is 32.1. The highest BCUT2D eigenvalue weighted by molar-refractivity contribution is 7.26. The molecule has 0 amide bonds. The van der Waals surface area contributed by atoms with E-state index in [2.05, 4.69) is 193 Å². The van der Waals surface area contributed by atoms with E-state index < -0.39 is 0 Å². The van der Waals surface area contributed by atoms with Gasteiger partial charge in [0, 0.05) is 73.7 Å². The van der Waals surface area contributed by atoms with Crippen LogP contribution in [0.2, 0.25) is 0 Å². The van der Waals surface area contributed by atoms with E-state index in [1.807, 2.05) is 22.7 Å². The molecular weight excluding hydrogens is 752 g/mol. The number of anilines is 2. The van der Waals surface area contributed by atoms with E-state index >= 15 is 0 Å². The van der Waals surface area contributed by atoms with Crippen molar-refractivity contribution in [2.45, 2.75) is 78.6 Å². The van der Waals surface area contributed by atoms with Gasteiger partial charge in [0.15, 0.2) is 0 Å². The maximum absolute atomic E-state index is 2.70. The third kappa shape index (κ3) is 4.98. The van der Waals surface area contributed by atoms with Crippen molar-refractivity contribution in [1.82, 2.24) is 4.57 Å². The van der Waals surface area contributed by atoms with Gasteiger partial charge in [-0.1, -0.05) is 129 Å². The second kappa shape index (κ2) is 11.7. The summed E-state index contributed by atoms with van der Waals surface area (Å²) in [6.45, 7) is 20.9. The monoisotopic (exact) mass is 798 g/mol. The molecule has 0 saturated carbocycles. The number of hydrogen-bond donors (Lipinski definition) is 0. The summed E-state index contributed by atoms with van der Waals surface area (Å²) in [5.41, 5.74) is 16.1. The Morgan fingerprint density at radius 1 is 0.441 bits per heavy atom. The smallest absolute Gasteiger partial charge is 0.333 e. The molecule has 0 unspecified atom stereocenters. The normalized spacial score (nSPS) is 14.1. The number of thiophene rings is 2. The molecule has 5 heterocycles. The van der Waals surface area contributed by atoms with Gasteiger partial charge in [-0.2, -0.15) is 0 Å². The van der Waals surface area contributed by atoms with Crippen LogP contribution in [0.1, 0.15) is 79.0 Å². The highest BCUT2D eigenvalue weighted by Crippen LogP contribution is 2.50. The first kappa shape index (κ1) is 35.6. The Morgan fingerprint density at radius 3 is 1.81 bits per heavy atom. The summed E-state index contributed by atoms with van der Waals surface area (Å²) in [4.78, 5) is 2.70. The van der Waals surface area contributed by atoms with E-state index in [1.165, 1.54) is 118 Å². The standard InChI is InChI=1S/C54H47BN2S2/c1-52(2,3)30-14-18-33(19-15-30)57-45-29-49-41(35-20-16-32(54(7,8)9)25-47(35)59-49)26-38(45)36-21-22-37-39-27-40-34-12-10-11-13-46(34)58-48(40)28-44(39)56-43-23-17-31(53(4,5)6)24-42(43)55(57)50(36)51(37)56/h10-29H,1-9H3. The fourth-order valence-electron chi connectivity index (χ4n) is 10.2. The number of nitrogens with zero attached hydrogens (tertiary/aromatic N) is 2. The SMILES string of the molecule is CC(C)(C)c1ccc(N2B3c4cc(C(C)(C)C)ccc4-n4c5cc6sc7ccccc7c6cc5c5ccc(c3c54)-c3cc4c(cc32)sc2cc(C(C)(C)C)ccc24)cc1. The predicted molar refractivity (Wildman–Crippen MR) is 262 cm³/mol. The van der Waals surface area contributed by atoms with E-state index in [1.54, 1.807) is 0 Å². The van der Waals surface area contributed by atoms with Crippen LogP contribution in [0.5, 0.6) is 0 Å². The van der Waals surface area contributed by atoms with Gasteiger partial charge in [0.05, 0.1) is 11.0 Å². The molecule has 12 rings (SSSR count). The average molecular weight is 799 g/mol. The van der Waals surface area contributed by atoms with Gasteiger partial charge >= 0.3 is 6.85 Å². The molecule has 59 heavy (non-hydrogen) atoms. The molecule has 2 nitrogen and oxygen atoms in total. The summed E-state index contributed by atoms with van der Waals surface area (Å²) in [5.74, 6) is 0. The van der Waals surface area contributed by atoms with Crippen molar-refractivity contribution >= 4 is 114 Å². The zero-order valence-electron chi connectivity index (χ0n) is 35.3. The Kier molecular flexibility index (Phi) is 7.04. The minimum absolute atomic E-state index is 0.00690. The second-order valence-corrected chi connectivity index (χ2v) is 22.4. The number of hydrogen-bond acceptors (Lipinski definition) is 3. The molecule has 0 aliphatic carbocycles. The molecule has 7 aromatic carbocycles. The Labute approximate surface area is 354 Å². The van der Waals surface area contributed by atoms with E-state index in [4.69, 9.17) is 0 Å².